The van der Waals surface area contributed by atoms with Crippen LogP contribution in [0.25, 0.3) is 0 Å². The summed E-state index contributed by atoms with van der Waals surface area (Å²) in [7, 11) is 3.36. The maximum absolute atomic E-state index is 12.4. The average molecular weight is 303 g/mol. The second-order valence-corrected chi connectivity index (χ2v) is 5.31. The zero-order valence-electron chi connectivity index (χ0n) is 13.1. The molecule has 0 spiro atoms. The second-order valence-electron chi connectivity index (χ2n) is 5.31. The zero-order chi connectivity index (χ0) is 16.3. The van der Waals surface area contributed by atoms with Crippen LogP contribution in [0.4, 0.5) is 4.79 Å². The van der Waals surface area contributed by atoms with Gasteiger partial charge in [-0.3, -0.25) is 4.79 Å². The lowest BCUT2D eigenvalue weighted by Crippen LogP contribution is -2.52. The molecular formula is C16H21N3O3. The number of nitrogens with one attached hydrogen (secondary N) is 2. The van der Waals surface area contributed by atoms with Crippen LogP contribution < -0.4 is 15.4 Å². The fraction of sp³-hybridized carbons (Fsp3) is 0.375. The smallest absolute Gasteiger partial charge is 0.319 e. The number of nitrogens with zero attached hydrogens (tertiary/aromatic N) is 1. The molecule has 0 unspecified atom stereocenters. The van der Waals surface area contributed by atoms with Crippen molar-refractivity contribution in [3.8, 4) is 5.75 Å². The number of hydrogen-bond donors (Lipinski definition) is 2. The Morgan fingerprint density at radius 1 is 1.32 bits per heavy atom. The van der Waals surface area contributed by atoms with Crippen molar-refractivity contribution in [3.63, 3.8) is 0 Å². The van der Waals surface area contributed by atoms with Gasteiger partial charge in [-0.2, -0.15) is 0 Å². The van der Waals surface area contributed by atoms with E-state index in [-0.39, 0.29) is 11.9 Å². The molecule has 2 atom stereocenters. The van der Waals surface area contributed by atoms with Gasteiger partial charge < -0.3 is 20.3 Å². The van der Waals surface area contributed by atoms with E-state index in [9.17, 15) is 9.59 Å². The number of hydrogen-bond acceptors (Lipinski definition) is 3. The van der Waals surface area contributed by atoms with E-state index >= 15 is 0 Å². The molecule has 1 fully saturated rings. The highest BCUT2D eigenvalue weighted by atomic mass is 16.5. The van der Waals surface area contributed by atoms with E-state index in [1.165, 1.54) is 4.90 Å². The van der Waals surface area contributed by atoms with Gasteiger partial charge in [0.1, 0.15) is 11.7 Å². The van der Waals surface area contributed by atoms with Gasteiger partial charge in [-0.15, -0.1) is 0 Å². The lowest BCUT2D eigenvalue weighted by atomic mass is 9.88. The van der Waals surface area contributed by atoms with Crippen LogP contribution in [0.5, 0.6) is 5.75 Å². The first-order valence-corrected chi connectivity index (χ1v) is 7.14. The molecule has 1 aromatic rings. The van der Waals surface area contributed by atoms with Gasteiger partial charge in [0.2, 0.25) is 5.91 Å². The largest absolute Gasteiger partial charge is 0.494 e. The van der Waals surface area contributed by atoms with Gasteiger partial charge in [0.15, 0.2) is 0 Å². The van der Waals surface area contributed by atoms with E-state index in [1.54, 1.807) is 14.1 Å². The van der Waals surface area contributed by atoms with Gasteiger partial charge in [0, 0.05) is 19.8 Å². The van der Waals surface area contributed by atoms with Crippen LogP contribution >= 0.6 is 0 Å². The van der Waals surface area contributed by atoms with E-state index < -0.39 is 12.0 Å². The lowest BCUT2D eigenvalue weighted by molar-refractivity contribution is -0.132. The molecule has 2 N–H and O–H groups in total. The van der Waals surface area contributed by atoms with Crippen molar-refractivity contribution >= 4 is 11.9 Å². The van der Waals surface area contributed by atoms with Crippen LogP contribution in [-0.2, 0) is 4.79 Å². The first-order chi connectivity index (χ1) is 10.4. The third-order valence-electron chi connectivity index (χ3n) is 3.53. The van der Waals surface area contributed by atoms with Gasteiger partial charge in [0.05, 0.1) is 12.6 Å². The summed E-state index contributed by atoms with van der Waals surface area (Å²) in [5.41, 5.74) is 1.24. The summed E-state index contributed by atoms with van der Waals surface area (Å²) in [6, 6.07) is 6.55. The molecular weight excluding hydrogens is 282 g/mol. The van der Waals surface area contributed by atoms with Gasteiger partial charge in [-0.25, -0.2) is 4.79 Å². The fourth-order valence-corrected chi connectivity index (χ4v) is 2.47. The molecule has 22 heavy (non-hydrogen) atoms. The van der Waals surface area contributed by atoms with E-state index in [2.05, 4.69) is 17.2 Å². The molecule has 0 aromatic heterocycles. The van der Waals surface area contributed by atoms with Gasteiger partial charge in [0.25, 0.3) is 0 Å². The van der Waals surface area contributed by atoms with E-state index in [0.29, 0.717) is 12.3 Å². The number of carbonyl (C=O) groups excluding carboxylic acids is 2. The Morgan fingerprint density at radius 2 is 1.95 bits per heavy atom. The summed E-state index contributed by atoms with van der Waals surface area (Å²) >= 11 is 0. The standard InChI is InChI=1S/C16H21N3O3/c1-5-22-12-8-6-11(7-9-12)14-13(15(20)19(3)4)10(2)17-16(21)18-14/h6-9,13-14H,2,5H2,1,3-4H3,(H2,17,18,21)/t13-,14+/m0/s1. The molecule has 1 heterocycles. The monoisotopic (exact) mass is 303 g/mol. The maximum Gasteiger partial charge on any atom is 0.319 e. The highest BCUT2D eigenvalue weighted by Gasteiger charge is 2.38. The van der Waals surface area contributed by atoms with Gasteiger partial charge in [-0.05, 0) is 24.6 Å². The number of benzene rings is 1. The molecule has 2 rings (SSSR count). The minimum absolute atomic E-state index is 0.114. The molecule has 118 valence electrons. The van der Waals surface area contributed by atoms with Crippen LogP contribution in [0.2, 0.25) is 0 Å². The van der Waals surface area contributed by atoms with Crippen molar-refractivity contribution in [2.75, 3.05) is 20.7 Å². The van der Waals surface area contributed by atoms with E-state index in [4.69, 9.17) is 4.74 Å². The summed E-state index contributed by atoms with van der Waals surface area (Å²) in [4.78, 5) is 25.6. The first kappa shape index (κ1) is 15.9. The third-order valence-corrected chi connectivity index (χ3v) is 3.53. The number of carbonyl (C=O) groups is 2. The second kappa shape index (κ2) is 6.51. The lowest BCUT2D eigenvalue weighted by Gasteiger charge is -2.35. The predicted molar refractivity (Wildman–Crippen MR) is 83.3 cm³/mol. The number of rotatable bonds is 4. The van der Waals surface area contributed by atoms with Gasteiger partial charge >= 0.3 is 6.03 Å². The third kappa shape index (κ3) is 3.21. The highest BCUT2D eigenvalue weighted by molar-refractivity contribution is 5.87. The Labute approximate surface area is 130 Å². The SMILES string of the molecule is C=C1NC(=O)N[C@H](c2ccc(OCC)cc2)[C@H]1C(=O)N(C)C. The van der Waals surface area contributed by atoms with E-state index in [1.807, 2.05) is 31.2 Å². The Balaban J connectivity index is 2.32. The summed E-state index contributed by atoms with van der Waals surface area (Å²) in [5, 5.41) is 5.38. The minimum atomic E-state index is -0.550. The van der Waals surface area contributed by atoms with Crippen LogP contribution in [0.15, 0.2) is 36.5 Å². The molecule has 1 aliphatic rings. The molecule has 0 radical (unpaired) electrons. The summed E-state index contributed by atoms with van der Waals surface area (Å²) in [6.45, 7) is 6.33. The average Bonchev–Trinajstić information content (AvgIpc) is 2.47. The Kier molecular flexibility index (Phi) is 4.70. The summed E-state index contributed by atoms with van der Waals surface area (Å²) < 4.78 is 5.41. The molecule has 0 aliphatic carbocycles. The first-order valence-electron chi connectivity index (χ1n) is 7.14. The molecule has 1 aromatic carbocycles. The molecule has 6 nitrogen and oxygen atoms in total. The number of ether oxygens (including phenoxy) is 1. The molecule has 1 saturated heterocycles. The molecule has 6 heteroatoms. The van der Waals surface area contributed by atoms with Crippen molar-refractivity contribution in [1.29, 1.82) is 0 Å². The van der Waals surface area contributed by atoms with E-state index in [0.717, 1.165) is 11.3 Å². The summed E-state index contributed by atoms with van der Waals surface area (Å²) in [6.07, 6.45) is 0. The van der Waals surface area contributed by atoms with Gasteiger partial charge in [-0.1, -0.05) is 18.7 Å². The highest BCUT2D eigenvalue weighted by Crippen LogP contribution is 2.31. The zero-order valence-corrected chi connectivity index (χ0v) is 13.1. The molecule has 3 amide bonds. The quantitative estimate of drug-likeness (QED) is 0.888. The Morgan fingerprint density at radius 3 is 2.50 bits per heavy atom. The maximum atomic E-state index is 12.4. The number of urea groups is 1. The normalized spacial score (nSPS) is 20.9. The Hall–Kier alpha value is -2.50. The van der Waals surface area contributed by atoms with Crippen LogP contribution in [0.1, 0.15) is 18.5 Å². The minimum Gasteiger partial charge on any atom is -0.494 e. The van der Waals surface area contributed by atoms with Crippen LogP contribution in [0.3, 0.4) is 0 Å². The number of amides is 3. The van der Waals surface area contributed by atoms with Crippen molar-refractivity contribution in [3.05, 3.63) is 42.1 Å². The summed E-state index contributed by atoms with van der Waals surface area (Å²) in [5.74, 6) is 0.0860. The molecule has 0 bridgehead atoms. The molecule has 1 aliphatic heterocycles. The van der Waals surface area contributed by atoms with Crippen molar-refractivity contribution < 1.29 is 14.3 Å². The van der Waals surface area contributed by atoms with Crippen molar-refractivity contribution in [1.82, 2.24) is 15.5 Å². The van der Waals surface area contributed by atoms with Crippen LogP contribution in [0, 0.1) is 5.92 Å². The van der Waals surface area contributed by atoms with Crippen molar-refractivity contribution in [2.24, 2.45) is 5.92 Å². The predicted octanol–water partition coefficient (Wildman–Crippen LogP) is 1.66. The Bertz CT molecular complexity index is 581. The topological polar surface area (TPSA) is 70.7 Å². The van der Waals surface area contributed by atoms with Crippen molar-refractivity contribution in [2.45, 2.75) is 13.0 Å². The molecule has 0 saturated carbocycles. The fourth-order valence-electron chi connectivity index (χ4n) is 2.47. The van der Waals surface area contributed by atoms with Crippen LogP contribution in [-0.4, -0.2) is 37.5 Å².